The number of likely N-dealkylation sites (N-methyl/N-ethyl adjacent to an activating group) is 1. The molecular weight excluding hydrogens is 234 g/mol. The molecule has 1 amide bonds. The van der Waals surface area contributed by atoms with Crippen LogP contribution < -0.4 is 4.90 Å². The fourth-order valence-electron chi connectivity index (χ4n) is 2.50. The van der Waals surface area contributed by atoms with Gasteiger partial charge in [0, 0.05) is 18.5 Å². The number of nitrogens with zero attached hydrogens (tertiary/aromatic N) is 1. The highest BCUT2D eigenvalue weighted by molar-refractivity contribution is 7.80. The Balaban J connectivity index is 2.00. The van der Waals surface area contributed by atoms with E-state index in [1.807, 2.05) is 13.1 Å². The van der Waals surface area contributed by atoms with E-state index in [2.05, 4.69) is 24.8 Å². The second-order valence-corrected chi connectivity index (χ2v) is 5.22. The van der Waals surface area contributed by atoms with E-state index >= 15 is 0 Å². The highest BCUT2D eigenvalue weighted by atomic mass is 32.1. The quantitative estimate of drug-likeness (QED) is 0.803. The number of carbonyl (C=O) groups excluding carboxylic acids is 1. The Morgan fingerprint density at radius 3 is 2.82 bits per heavy atom. The molecule has 1 saturated heterocycles. The predicted octanol–water partition coefficient (Wildman–Crippen LogP) is 1.40. The topological polar surface area (TPSA) is 29.5 Å². The molecule has 4 heteroatoms. The molecule has 0 unspecified atom stereocenters. The number of ether oxygens (including phenoxy) is 1. The first-order valence-electron chi connectivity index (χ1n) is 5.75. The maximum atomic E-state index is 11.6. The molecule has 2 aliphatic rings. The van der Waals surface area contributed by atoms with Gasteiger partial charge in [0.15, 0.2) is 0 Å². The van der Waals surface area contributed by atoms with Gasteiger partial charge in [-0.1, -0.05) is 12.1 Å². The second-order valence-electron chi connectivity index (χ2n) is 4.90. The Labute approximate surface area is 106 Å². The maximum absolute atomic E-state index is 11.6. The Bertz CT molecular complexity index is 477. The lowest BCUT2D eigenvalue weighted by atomic mass is 9.80. The minimum atomic E-state index is 0.0579. The maximum Gasteiger partial charge on any atom is 0.231 e. The minimum Gasteiger partial charge on any atom is -0.379 e. The first kappa shape index (κ1) is 11.1. The van der Waals surface area contributed by atoms with Crippen LogP contribution in [0, 0.1) is 0 Å². The van der Waals surface area contributed by atoms with Gasteiger partial charge in [-0.3, -0.25) is 4.79 Å². The standard InChI is InChI=1S/C13H15NO2S/c1-14-11-3-2-10(4-9(11)5-12(14)15)13(8-17)6-16-7-13/h2-4,17H,5-8H2,1H3. The van der Waals surface area contributed by atoms with Crippen molar-refractivity contribution in [2.24, 2.45) is 0 Å². The number of hydrogen-bond acceptors (Lipinski definition) is 3. The number of carbonyl (C=O) groups is 1. The Kier molecular flexibility index (Phi) is 2.45. The van der Waals surface area contributed by atoms with E-state index in [0.29, 0.717) is 6.42 Å². The Morgan fingerprint density at radius 2 is 2.24 bits per heavy atom. The van der Waals surface area contributed by atoms with Crippen molar-refractivity contribution in [1.82, 2.24) is 0 Å². The molecule has 90 valence electrons. The lowest BCUT2D eigenvalue weighted by Gasteiger charge is -2.41. The fourth-order valence-corrected chi connectivity index (χ4v) is 2.86. The molecule has 0 N–H and O–H groups in total. The van der Waals surface area contributed by atoms with Crippen LogP contribution in [0.15, 0.2) is 18.2 Å². The Hall–Kier alpha value is -1.00. The number of rotatable bonds is 2. The van der Waals surface area contributed by atoms with Crippen molar-refractivity contribution in [1.29, 1.82) is 0 Å². The van der Waals surface area contributed by atoms with Crippen LogP contribution in [0.1, 0.15) is 11.1 Å². The normalized spacial score (nSPS) is 21.3. The summed E-state index contributed by atoms with van der Waals surface area (Å²) in [5.74, 6) is 0.956. The van der Waals surface area contributed by atoms with Gasteiger partial charge < -0.3 is 9.64 Å². The minimum absolute atomic E-state index is 0.0579. The third-order valence-electron chi connectivity index (χ3n) is 3.83. The first-order chi connectivity index (χ1) is 8.16. The number of thiol groups is 1. The number of benzene rings is 1. The lowest BCUT2D eigenvalue weighted by Crippen LogP contribution is -2.48. The van der Waals surface area contributed by atoms with Crippen molar-refractivity contribution in [2.75, 3.05) is 30.9 Å². The third kappa shape index (κ3) is 1.51. The van der Waals surface area contributed by atoms with Crippen molar-refractivity contribution in [3.8, 4) is 0 Å². The number of amides is 1. The summed E-state index contributed by atoms with van der Waals surface area (Å²) < 4.78 is 5.32. The van der Waals surface area contributed by atoms with Gasteiger partial charge in [0.1, 0.15) is 0 Å². The average molecular weight is 249 g/mol. The second kappa shape index (κ2) is 3.75. The van der Waals surface area contributed by atoms with Crippen LogP contribution in [-0.2, 0) is 21.4 Å². The molecule has 2 aliphatic heterocycles. The summed E-state index contributed by atoms with van der Waals surface area (Å²) in [6.45, 7) is 1.47. The van der Waals surface area contributed by atoms with Crippen molar-refractivity contribution < 1.29 is 9.53 Å². The van der Waals surface area contributed by atoms with Gasteiger partial charge in [-0.05, 0) is 17.2 Å². The van der Waals surface area contributed by atoms with Gasteiger partial charge >= 0.3 is 0 Å². The first-order valence-corrected chi connectivity index (χ1v) is 6.38. The van der Waals surface area contributed by atoms with Crippen molar-refractivity contribution in [2.45, 2.75) is 11.8 Å². The van der Waals surface area contributed by atoms with E-state index in [1.165, 1.54) is 5.56 Å². The smallest absolute Gasteiger partial charge is 0.231 e. The van der Waals surface area contributed by atoms with Gasteiger partial charge in [-0.2, -0.15) is 12.6 Å². The molecule has 0 bridgehead atoms. The zero-order chi connectivity index (χ0) is 12.0. The number of fused-ring (bicyclic) bond motifs is 1. The van der Waals surface area contributed by atoms with Crippen LogP contribution in [-0.4, -0.2) is 31.9 Å². The fraction of sp³-hybridized carbons (Fsp3) is 0.462. The van der Waals surface area contributed by atoms with Gasteiger partial charge in [0.05, 0.1) is 25.0 Å². The third-order valence-corrected chi connectivity index (χ3v) is 4.43. The van der Waals surface area contributed by atoms with Crippen molar-refractivity contribution in [3.05, 3.63) is 29.3 Å². The average Bonchev–Trinajstić information content (AvgIpc) is 2.54. The zero-order valence-electron chi connectivity index (χ0n) is 9.77. The number of hydrogen-bond donors (Lipinski definition) is 1. The van der Waals surface area contributed by atoms with Crippen molar-refractivity contribution in [3.63, 3.8) is 0 Å². The lowest BCUT2D eigenvalue weighted by molar-refractivity contribution is -0.117. The molecule has 3 nitrogen and oxygen atoms in total. The largest absolute Gasteiger partial charge is 0.379 e. The van der Waals surface area contributed by atoms with E-state index in [-0.39, 0.29) is 11.3 Å². The molecule has 1 aromatic carbocycles. The summed E-state index contributed by atoms with van der Waals surface area (Å²) >= 11 is 4.43. The molecule has 17 heavy (non-hydrogen) atoms. The molecule has 1 aromatic rings. The van der Waals surface area contributed by atoms with Crippen molar-refractivity contribution >= 4 is 24.2 Å². The zero-order valence-corrected chi connectivity index (χ0v) is 10.7. The molecule has 0 aliphatic carbocycles. The van der Waals surface area contributed by atoms with Crippen LogP contribution in [0.5, 0.6) is 0 Å². The van der Waals surface area contributed by atoms with Gasteiger partial charge in [0.2, 0.25) is 5.91 Å². The highest BCUT2D eigenvalue weighted by Crippen LogP contribution is 2.37. The SMILES string of the molecule is CN1C(=O)Cc2cc(C3(CS)COC3)ccc21. The Morgan fingerprint density at radius 1 is 1.47 bits per heavy atom. The summed E-state index contributed by atoms with van der Waals surface area (Å²) in [6.07, 6.45) is 0.517. The van der Waals surface area contributed by atoms with Crippen LogP contribution in [0.2, 0.25) is 0 Å². The predicted molar refractivity (Wildman–Crippen MR) is 69.9 cm³/mol. The molecule has 2 heterocycles. The van der Waals surface area contributed by atoms with Gasteiger partial charge in [-0.25, -0.2) is 0 Å². The highest BCUT2D eigenvalue weighted by Gasteiger charge is 2.40. The molecule has 0 radical (unpaired) electrons. The van der Waals surface area contributed by atoms with E-state index in [1.54, 1.807) is 4.90 Å². The molecular formula is C13H15NO2S. The van der Waals surface area contributed by atoms with E-state index in [9.17, 15) is 4.79 Å². The molecule has 0 atom stereocenters. The van der Waals surface area contributed by atoms with Gasteiger partial charge in [0.25, 0.3) is 0 Å². The summed E-state index contributed by atoms with van der Waals surface area (Å²) in [4.78, 5) is 13.4. The van der Waals surface area contributed by atoms with Crippen LogP contribution in [0.25, 0.3) is 0 Å². The van der Waals surface area contributed by atoms with Crippen LogP contribution >= 0.6 is 12.6 Å². The van der Waals surface area contributed by atoms with E-state index in [4.69, 9.17) is 4.74 Å². The molecule has 0 spiro atoms. The summed E-state index contributed by atoms with van der Waals surface area (Å²) in [6, 6.07) is 6.29. The van der Waals surface area contributed by atoms with E-state index in [0.717, 1.165) is 30.2 Å². The monoisotopic (exact) mass is 249 g/mol. The summed E-state index contributed by atoms with van der Waals surface area (Å²) in [7, 11) is 1.83. The van der Waals surface area contributed by atoms with Crippen LogP contribution in [0.3, 0.4) is 0 Å². The molecule has 0 aromatic heterocycles. The molecule has 3 rings (SSSR count). The van der Waals surface area contributed by atoms with Gasteiger partial charge in [-0.15, -0.1) is 0 Å². The van der Waals surface area contributed by atoms with Crippen LogP contribution in [0.4, 0.5) is 5.69 Å². The molecule has 0 saturated carbocycles. The van der Waals surface area contributed by atoms with E-state index < -0.39 is 0 Å². The summed E-state index contributed by atoms with van der Waals surface area (Å²) in [5.41, 5.74) is 3.47. The number of anilines is 1. The summed E-state index contributed by atoms with van der Waals surface area (Å²) in [5, 5.41) is 0. The molecule has 1 fully saturated rings.